The Morgan fingerprint density at radius 1 is 1.10 bits per heavy atom. The van der Waals surface area contributed by atoms with E-state index in [9.17, 15) is 0 Å². The van der Waals surface area contributed by atoms with Crippen LogP contribution in [0.1, 0.15) is 18.9 Å². The van der Waals surface area contributed by atoms with Crippen molar-refractivity contribution in [3.8, 4) is 0 Å². The average Bonchev–Trinajstić information content (AvgIpc) is 2.50. The predicted octanol–water partition coefficient (Wildman–Crippen LogP) is 3.64. The minimum Gasteiger partial charge on any atom is -0.385 e. The van der Waals surface area contributed by atoms with Crippen molar-refractivity contribution in [2.45, 2.75) is 25.8 Å². The summed E-state index contributed by atoms with van der Waals surface area (Å²) in [6.45, 7) is 3.12. The molecule has 2 aromatic carbocycles. The van der Waals surface area contributed by atoms with Gasteiger partial charge in [0.05, 0.1) is 0 Å². The number of methoxy groups -OCH3 is 1. The summed E-state index contributed by atoms with van der Waals surface area (Å²) >= 11 is 0. The zero-order valence-corrected chi connectivity index (χ0v) is 12.7. The van der Waals surface area contributed by atoms with E-state index in [0.717, 1.165) is 19.4 Å². The van der Waals surface area contributed by atoms with Crippen LogP contribution in [0.5, 0.6) is 0 Å². The SMILES string of the molecule is CNC(Cc1ccc2ccccc2c1)C(C)CCOC. The average molecular weight is 271 g/mol. The molecule has 108 valence electrons. The number of benzene rings is 2. The Morgan fingerprint density at radius 2 is 1.85 bits per heavy atom. The molecular weight excluding hydrogens is 246 g/mol. The fraction of sp³-hybridized carbons (Fsp3) is 0.444. The van der Waals surface area contributed by atoms with Gasteiger partial charge in [0.1, 0.15) is 0 Å². The third-order valence-electron chi connectivity index (χ3n) is 4.10. The molecule has 0 radical (unpaired) electrons. The standard InChI is InChI=1S/C18H25NO/c1-14(10-11-20-3)18(19-2)13-15-8-9-16-6-4-5-7-17(16)12-15/h4-9,12,14,18-19H,10-11,13H2,1-3H3. The van der Waals surface area contributed by atoms with E-state index in [2.05, 4.69) is 61.8 Å². The molecule has 2 heteroatoms. The van der Waals surface area contributed by atoms with Crippen LogP contribution in [0.4, 0.5) is 0 Å². The maximum atomic E-state index is 5.19. The zero-order valence-electron chi connectivity index (χ0n) is 12.7. The molecule has 2 nitrogen and oxygen atoms in total. The minimum atomic E-state index is 0.492. The Kier molecular flexibility index (Phi) is 5.57. The largest absolute Gasteiger partial charge is 0.385 e. The fourth-order valence-electron chi connectivity index (χ4n) is 2.71. The van der Waals surface area contributed by atoms with Crippen molar-refractivity contribution < 1.29 is 4.74 Å². The van der Waals surface area contributed by atoms with Gasteiger partial charge >= 0.3 is 0 Å². The fourth-order valence-corrected chi connectivity index (χ4v) is 2.71. The molecule has 2 atom stereocenters. The van der Waals surface area contributed by atoms with E-state index in [1.54, 1.807) is 7.11 Å². The maximum absolute atomic E-state index is 5.19. The molecule has 2 unspecified atom stereocenters. The Hall–Kier alpha value is -1.38. The summed E-state index contributed by atoms with van der Waals surface area (Å²) in [5.74, 6) is 0.603. The van der Waals surface area contributed by atoms with Crippen LogP contribution in [0.3, 0.4) is 0 Å². The first-order valence-corrected chi connectivity index (χ1v) is 7.38. The Balaban J connectivity index is 2.08. The van der Waals surface area contributed by atoms with Gasteiger partial charge in [-0.2, -0.15) is 0 Å². The van der Waals surface area contributed by atoms with Gasteiger partial charge in [0.2, 0.25) is 0 Å². The second-order valence-electron chi connectivity index (χ2n) is 5.54. The van der Waals surface area contributed by atoms with E-state index >= 15 is 0 Å². The number of rotatable bonds is 7. The lowest BCUT2D eigenvalue weighted by Crippen LogP contribution is -2.34. The van der Waals surface area contributed by atoms with Gasteiger partial charge in [-0.15, -0.1) is 0 Å². The smallest absolute Gasteiger partial charge is 0.0465 e. The summed E-state index contributed by atoms with van der Waals surface area (Å²) in [4.78, 5) is 0. The van der Waals surface area contributed by atoms with Crippen LogP contribution < -0.4 is 5.32 Å². The predicted molar refractivity (Wildman–Crippen MR) is 86.2 cm³/mol. The Morgan fingerprint density at radius 3 is 2.55 bits per heavy atom. The normalized spacial score (nSPS) is 14.3. The number of nitrogens with one attached hydrogen (secondary N) is 1. The highest BCUT2D eigenvalue weighted by Gasteiger charge is 2.15. The first-order chi connectivity index (χ1) is 9.74. The van der Waals surface area contributed by atoms with Crippen molar-refractivity contribution in [2.75, 3.05) is 20.8 Å². The molecule has 0 aromatic heterocycles. The van der Waals surface area contributed by atoms with Crippen molar-refractivity contribution in [1.29, 1.82) is 0 Å². The molecule has 0 amide bonds. The number of hydrogen-bond acceptors (Lipinski definition) is 2. The number of ether oxygens (including phenoxy) is 1. The van der Waals surface area contributed by atoms with Crippen molar-refractivity contribution >= 4 is 10.8 Å². The molecule has 2 aromatic rings. The zero-order chi connectivity index (χ0) is 14.4. The van der Waals surface area contributed by atoms with Crippen LogP contribution in [0.25, 0.3) is 10.8 Å². The van der Waals surface area contributed by atoms with Crippen molar-refractivity contribution in [3.05, 3.63) is 48.0 Å². The minimum absolute atomic E-state index is 0.492. The molecule has 0 spiro atoms. The number of hydrogen-bond donors (Lipinski definition) is 1. The lowest BCUT2D eigenvalue weighted by Gasteiger charge is -2.23. The highest BCUT2D eigenvalue weighted by Crippen LogP contribution is 2.19. The van der Waals surface area contributed by atoms with Gasteiger partial charge in [0.15, 0.2) is 0 Å². The molecule has 2 rings (SSSR count). The second kappa shape index (κ2) is 7.41. The van der Waals surface area contributed by atoms with Crippen LogP contribution in [0.15, 0.2) is 42.5 Å². The van der Waals surface area contributed by atoms with Crippen molar-refractivity contribution in [1.82, 2.24) is 5.32 Å². The van der Waals surface area contributed by atoms with E-state index < -0.39 is 0 Å². The van der Waals surface area contributed by atoms with Gasteiger partial charge in [-0.25, -0.2) is 0 Å². The summed E-state index contributed by atoms with van der Waals surface area (Å²) in [5.41, 5.74) is 1.40. The van der Waals surface area contributed by atoms with E-state index in [1.807, 2.05) is 0 Å². The van der Waals surface area contributed by atoms with Crippen molar-refractivity contribution in [3.63, 3.8) is 0 Å². The first-order valence-electron chi connectivity index (χ1n) is 7.38. The molecule has 20 heavy (non-hydrogen) atoms. The number of likely N-dealkylation sites (N-methyl/N-ethyl adjacent to an activating group) is 1. The Labute approximate surface area is 122 Å². The third-order valence-corrected chi connectivity index (χ3v) is 4.10. The van der Waals surface area contributed by atoms with Gasteiger partial charge in [-0.3, -0.25) is 0 Å². The monoisotopic (exact) mass is 271 g/mol. The molecule has 0 aliphatic heterocycles. The maximum Gasteiger partial charge on any atom is 0.0465 e. The molecule has 1 N–H and O–H groups in total. The molecule has 0 saturated carbocycles. The Bertz CT molecular complexity index is 538. The topological polar surface area (TPSA) is 21.3 Å². The third kappa shape index (κ3) is 3.81. The van der Waals surface area contributed by atoms with Crippen LogP contribution in [-0.2, 0) is 11.2 Å². The van der Waals surface area contributed by atoms with Gasteiger partial charge in [0, 0.05) is 19.8 Å². The summed E-state index contributed by atoms with van der Waals surface area (Å²) in [5, 5.41) is 6.09. The highest BCUT2D eigenvalue weighted by atomic mass is 16.5. The van der Waals surface area contributed by atoms with Crippen LogP contribution in [0, 0.1) is 5.92 Å². The quantitative estimate of drug-likeness (QED) is 0.830. The molecule has 0 bridgehead atoms. The lowest BCUT2D eigenvalue weighted by atomic mass is 9.92. The highest BCUT2D eigenvalue weighted by molar-refractivity contribution is 5.82. The van der Waals surface area contributed by atoms with Gasteiger partial charge in [-0.1, -0.05) is 49.4 Å². The van der Waals surface area contributed by atoms with E-state index in [4.69, 9.17) is 4.74 Å². The molecule has 0 aliphatic rings. The summed E-state index contributed by atoms with van der Waals surface area (Å²) < 4.78 is 5.19. The van der Waals surface area contributed by atoms with Crippen LogP contribution in [-0.4, -0.2) is 26.8 Å². The van der Waals surface area contributed by atoms with Gasteiger partial charge in [0.25, 0.3) is 0 Å². The van der Waals surface area contributed by atoms with Crippen LogP contribution in [0.2, 0.25) is 0 Å². The van der Waals surface area contributed by atoms with Gasteiger partial charge in [-0.05, 0) is 42.1 Å². The summed E-state index contributed by atoms with van der Waals surface area (Å²) in [7, 11) is 3.82. The molecule has 0 saturated heterocycles. The summed E-state index contributed by atoms with van der Waals surface area (Å²) in [6, 6.07) is 15.8. The van der Waals surface area contributed by atoms with Crippen LogP contribution >= 0.6 is 0 Å². The van der Waals surface area contributed by atoms with E-state index in [-0.39, 0.29) is 0 Å². The van der Waals surface area contributed by atoms with E-state index in [1.165, 1.54) is 16.3 Å². The molecule has 0 aliphatic carbocycles. The molecule has 0 fully saturated rings. The van der Waals surface area contributed by atoms with Gasteiger partial charge < -0.3 is 10.1 Å². The second-order valence-corrected chi connectivity index (χ2v) is 5.54. The summed E-state index contributed by atoms with van der Waals surface area (Å²) in [6.07, 6.45) is 2.15. The van der Waals surface area contributed by atoms with Crippen molar-refractivity contribution in [2.24, 2.45) is 5.92 Å². The lowest BCUT2D eigenvalue weighted by molar-refractivity contribution is 0.171. The molecule has 0 heterocycles. The van der Waals surface area contributed by atoms with E-state index in [0.29, 0.717) is 12.0 Å². The molecular formula is C18H25NO. The first kappa shape index (κ1) is 15.0. The number of fused-ring (bicyclic) bond motifs is 1.